The van der Waals surface area contributed by atoms with Crippen molar-refractivity contribution in [3.63, 3.8) is 0 Å². The Morgan fingerprint density at radius 3 is 2.06 bits per heavy atom. The van der Waals surface area contributed by atoms with E-state index in [4.69, 9.17) is 49.4 Å². The summed E-state index contributed by atoms with van der Waals surface area (Å²) < 4.78 is 44.3. The minimum absolute atomic E-state index is 0.00581. The number of H-pyrrole nitrogens is 1. The van der Waals surface area contributed by atoms with Gasteiger partial charge >= 0.3 is 12.0 Å². The van der Waals surface area contributed by atoms with Crippen LogP contribution in [0.2, 0.25) is 0 Å². The van der Waals surface area contributed by atoms with Crippen LogP contribution in [0.15, 0.2) is 72.9 Å². The summed E-state index contributed by atoms with van der Waals surface area (Å²) in [4.78, 5) is 97.0. The van der Waals surface area contributed by atoms with Crippen LogP contribution >= 0.6 is 0 Å². The predicted molar refractivity (Wildman–Crippen MR) is 322 cm³/mol. The van der Waals surface area contributed by atoms with E-state index in [-0.39, 0.29) is 75.1 Å². The Bertz CT molecular complexity index is 3340. The summed E-state index contributed by atoms with van der Waals surface area (Å²) in [6.07, 6.45) is 1.53. The standard InChI is InChI=1S/C59H75N15O14/c1-59(2,3)88-56(79)44(66-55(78)38-8-12-40(13-9-38)73(4)35-39-34-64-54-51(65-39)53(60)68-57(61)69-54)16-17-45(75)62-18-22-81-26-28-84-30-32-86-33-31-85-29-27-82-23-19-63-46(76)36-87-41-14-10-37(11-15-41)49-48-50(71-70-49)42-6-5-7-43(47(42)52(48)77)67-58(80)72-74-20-24-83-25-21-74/h5-15,34,44H,16-33,35-36H2,1-4H3,(H,62,75)(H,63,76)(H,66,78)(H,70,71)(H2,67,72,80)(H4,60,61,64,68,69)/t44-/m0/s1. The van der Waals surface area contributed by atoms with E-state index in [1.807, 2.05) is 11.9 Å². The maximum absolute atomic E-state index is 13.8. The molecule has 1 fully saturated rings. The van der Waals surface area contributed by atoms with Gasteiger partial charge in [-0.1, -0.05) is 12.1 Å². The Balaban J connectivity index is 0.604. The van der Waals surface area contributed by atoms with Crippen molar-refractivity contribution in [3.05, 3.63) is 95.3 Å². The molecule has 470 valence electrons. The van der Waals surface area contributed by atoms with E-state index in [2.05, 4.69) is 56.8 Å². The van der Waals surface area contributed by atoms with Crippen LogP contribution in [0.1, 0.15) is 65.6 Å². The number of hydrogen-bond donors (Lipinski definition) is 8. The first-order valence-corrected chi connectivity index (χ1v) is 28.7. The molecule has 0 bridgehead atoms. The molecule has 6 aromatic rings. The van der Waals surface area contributed by atoms with Gasteiger partial charge in [0.15, 0.2) is 29.4 Å². The molecule has 0 saturated carbocycles. The average Bonchev–Trinajstić information content (AvgIpc) is 1.72. The van der Waals surface area contributed by atoms with E-state index in [1.165, 1.54) is 0 Å². The molecule has 5 amide bonds. The third kappa shape index (κ3) is 19.3. The van der Waals surface area contributed by atoms with Crippen molar-refractivity contribution in [2.24, 2.45) is 0 Å². The monoisotopic (exact) mass is 1220 g/mol. The van der Waals surface area contributed by atoms with Gasteiger partial charge < -0.3 is 75.5 Å². The molecule has 1 aliphatic carbocycles. The molecule has 0 spiro atoms. The van der Waals surface area contributed by atoms with Crippen LogP contribution in [-0.2, 0) is 54.1 Å². The SMILES string of the molecule is CN(Cc1cnc2nc(N)nc(N)c2n1)c1ccc(C(=O)N[C@@H](CCC(=O)NCCOCCOCCOCCOCCOCCNC(=O)COc2ccc(-c3n[nH]c4c3C(=O)c3c(NC(=O)NN5CCOCC5)cccc3-4)cc2)C(=O)OC(C)(C)C)cc1. The fraction of sp³-hybridized carbons (Fsp3) is 0.441. The number of rotatable bonds is 33. The van der Waals surface area contributed by atoms with E-state index >= 15 is 0 Å². The molecular formula is C59H75N15O14. The molecule has 3 aromatic carbocycles. The highest BCUT2D eigenvalue weighted by Gasteiger charge is 2.35. The quantitative estimate of drug-likeness (QED) is 0.0216. The lowest BCUT2D eigenvalue weighted by atomic mass is 10.0. The summed E-state index contributed by atoms with van der Waals surface area (Å²) in [6.45, 7) is 11.2. The van der Waals surface area contributed by atoms with Gasteiger partial charge in [-0.05, 0) is 81.8 Å². The zero-order valence-electron chi connectivity index (χ0n) is 49.6. The third-order valence-corrected chi connectivity index (χ3v) is 13.3. The second kappa shape index (κ2) is 32.1. The van der Waals surface area contributed by atoms with Crippen LogP contribution in [-0.4, -0.2) is 201 Å². The molecule has 4 heterocycles. The summed E-state index contributed by atoms with van der Waals surface area (Å²) >= 11 is 0. The van der Waals surface area contributed by atoms with Crippen LogP contribution < -0.4 is 47.8 Å². The van der Waals surface area contributed by atoms with Gasteiger partial charge in [-0.2, -0.15) is 15.1 Å². The fourth-order valence-electron chi connectivity index (χ4n) is 9.07. The van der Waals surface area contributed by atoms with Crippen molar-refractivity contribution in [1.29, 1.82) is 0 Å². The maximum Gasteiger partial charge on any atom is 0.333 e. The molecule has 1 atom stereocenters. The molecule has 0 unspecified atom stereocenters. The maximum atomic E-state index is 13.8. The zero-order chi connectivity index (χ0) is 62.4. The summed E-state index contributed by atoms with van der Waals surface area (Å²) in [5, 5.41) is 20.3. The minimum Gasteiger partial charge on any atom is -0.484 e. The molecule has 3 aromatic heterocycles. The Morgan fingerprint density at radius 2 is 1.41 bits per heavy atom. The van der Waals surface area contributed by atoms with Gasteiger partial charge in [-0.25, -0.2) is 24.6 Å². The molecule has 88 heavy (non-hydrogen) atoms. The lowest BCUT2D eigenvalue weighted by Crippen LogP contribution is -2.49. The number of ether oxygens (including phenoxy) is 8. The second-order valence-corrected chi connectivity index (χ2v) is 21.1. The number of hydrogen-bond acceptors (Lipinski definition) is 23. The lowest BCUT2D eigenvalue weighted by Gasteiger charge is -2.27. The first kappa shape index (κ1) is 65.0. The Kier molecular flexibility index (Phi) is 23.7. The molecule has 10 N–H and O–H groups in total. The van der Waals surface area contributed by atoms with Gasteiger partial charge in [0.1, 0.15) is 23.1 Å². The third-order valence-electron chi connectivity index (χ3n) is 13.3. The highest BCUT2D eigenvalue weighted by molar-refractivity contribution is 6.27. The van der Waals surface area contributed by atoms with Crippen molar-refractivity contribution in [2.45, 2.75) is 51.8 Å². The number of aromatic amines is 1. The number of carbonyl (C=O) groups is 6. The van der Waals surface area contributed by atoms with Gasteiger partial charge in [0.25, 0.3) is 11.8 Å². The first-order valence-electron chi connectivity index (χ1n) is 28.7. The zero-order valence-corrected chi connectivity index (χ0v) is 49.6. The molecule has 1 aliphatic heterocycles. The Labute approximate surface area is 507 Å². The molecule has 1 saturated heterocycles. The van der Waals surface area contributed by atoms with Crippen LogP contribution in [0.4, 0.5) is 27.9 Å². The summed E-state index contributed by atoms with van der Waals surface area (Å²) in [5.41, 5.74) is 19.4. The number of aromatic nitrogens is 6. The summed E-state index contributed by atoms with van der Waals surface area (Å²) in [7, 11) is 1.85. The van der Waals surface area contributed by atoms with Crippen LogP contribution in [0.5, 0.6) is 5.75 Å². The number of benzene rings is 3. The number of hydrazine groups is 1. The molecule has 8 rings (SSSR count). The number of nitrogen functional groups attached to an aromatic ring is 2. The lowest BCUT2D eigenvalue weighted by molar-refractivity contribution is -0.157. The highest BCUT2D eigenvalue weighted by atomic mass is 16.6. The molecule has 2 aliphatic rings. The molecule has 29 heteroatoms. The number of esters is 1. The molecular weight excluding hydrogens is 1140 g/mol. The number of amides is 5. The van der Waals surface area contributed by atoms with Crippen molar-refractivity contribution in [2.75, 3.05) is 141 Å². The normalized spacial score (nSPS) is 13.3. The number of nitrogens with two attached hydrogens (primary N) is 2. The number of nitrogens with zero attached hydrogens (tertiary/aromatic N) is 7. The summed E-state index contributed by atoms with van der Waals surface area (Å²) in [6, 6.07) is 17.4. The first-order chi connectivity index (χ1) is 42.5. The number of urea groups is 1. The Morgan fingerprint density at radius 1 is 0.773 bits per heavy atom. The van der Waals surface area contributed by atoms with Gasteiger partial charge in [0.05, 0.1) is 120 Å². The highest BCUT2D eigenvalue weighted by Crippen LogP contribution is 2.43. The van der Waals surface area contributed by atoms with E-state index in [1.54, 1.807) is 98.7 Å². The number of nitrogens with one attached hydrogen (secondary N) is 6. The number of ketones is 1. The number of carbonyl (C=O) groups excluding carboxylic acids is 6. The van der Waals surface area contributed by atoms with Gasteiger partial charge in [0.2, 0.25) is 11.9 Å². The van der Waals surface area contributed by atoms with E-state index in [0.717, 1.165) is 5.69 Å². The number of anilines is 4. The largest absolute Gasteiger partial charge is 0.484 e. The minimum atomic E-state index is -1.09. The second-order valence-electron chi connectivity index (χ2n) is 21.1. The van der Waals surface area contributed by atoms with Crippen molar-refractivity contribution in [3.8, 4) is 28.3 Å². The van der Waals surface area contributed by atoms with E-state index in [9.17, 15) is 28.8 Å². The van der Waals surface area contributed by atoms with Crippen LogP contribution in [0.25, 0.3) is 33.7 Å². The van der Waals surface area contributed by atoms with Crippen molar-refractivity contribution >= 4 is 69.8 Å². The van der Waals surface area contributed by atoms with Crippen LogP contribution in [0.3, 0.4) is 0 Å². The van der Waals surface area contributed by atoms with Crippen molar-refractivity contribution < 1.29 is 66.7 Å². The predicted octanol–water partition coefficient (Wildman–Crippen LogP) is 2.81. The molecule has 0 radical (unpaired) electrons. The van der Waals surface area contributed by atoms with Crippen molar-refractivity contribution in [1.82, 2.24) is 56.5 Å². The van der Waals surface area contributed by atoms with Gasteiger partial charge in [-0.15, -0.1) is 0 Å². The Hall–Kier alpha value is -8.97. The van der Waals surface area contributed by atoms with Gasteiger partial charge in [-0.3, -0.25) is 29.7 Å². The number of fused-ring (bicyclic) bond motifs is 4. The average molecular weight is 1220 g/mol. The summed E-state index contributed by atoms with van der Waals surface area (Å²) in [5.74, 6) is -1.49. The van der Waals surface area contributed by atoms with E-state index < -0.39 is 29.6 Å². The fourth-order valence-corrected chi connectivity index (χ4v) is 9.07. The van der Waals surface area contributed by atoms with Gasteiger partial charge in [0, 0.05) is 62.0 Å². The molecule has 29 nitrogen and oxygen atoms in total. The number of morpholine rings is 1. The smallest absolute Gasteiger partial charge is 0.333 e. The topological polar surface area (TPSA) is 375 Å². The van der Waals surface area contributed by atoms with E-state index in [0.29, 0.717) is 153 Å². The van der Waals surface area contributed by atoms with Crippen LogP contribution in [0, 0.1) is 0 Å².